The van der Waals surface area contributed by atoms with Gasteiger partial charge in [0.15, 0.2) is 11.5 Å². The molecule has 2 aromatic carbocycles. The first-order valence-corrected chi connectivity index (χ1v) is 12.4. The Morgan fingerprint density at radius 3 is 2.39 bits per heavy atom. The van der Waals surface area contributed by atoms with Crippen molar-refractivity contribution in [2.75, 3.05) is 34.4 Å². The van der Waals surface area contributed by atoms with Gasteiger partial charge in [-0.2, -0.15) is 0 Å². The third kappa shape index (κ3) is 6.64. The van der Waals surface area contributed by atoms with Crippen molar-refractivity contribution < 1.29 is 14.2 Å². The molecule has 0 aliphatic heterocycles. The van der Waals surface area contributed by atoms with Crippen molar-refractivity contribution in [2.45, 2.75) is 70.3 Å². The quantitative estimate of drug-likeness (QED) is 0.409. The Morgan fingerprint density at radius 2 is 1.67 bits per heavy atom. The van der Waals surface area contributed by atoms with Gasteiger partial charge in [-0.3, -0.25) is 0 Å². The van der Waals surface area contributed by atoms with E-state index in [2.05, 4.69) is 36.5 Å². The first-order valence-electron chi connectivity index (χ1n) is 12.4. The first kappa shape index (κ1) is 25.4. The SMILES string of the molecule is COc1ccc(CCNCCCCCCC2c3ccc(OC)c(OC)c3CCC2N)cc1C. The summed E-state index contributed by atoms with van der Waals surface area (Å²) < 4.78 is 16.5. The van der Waals surface area contributed by atoms with Gasteiger partial charge in [0.05, 0.1) is 21.3 Å². The molecule has 33 heavy (non-hydrogen) atoms. The fourth-order valence-corrected chi connectivity index (χ4v) is 5.15. The molecule has 0 saturated carbocycles. The molecular formula is C28H42N2O3. The maximum atomic E-state index is 6.54. The van der Waals surface area contributed by atoms with E-state index in [9.17, 15) is 0 Å². The summed E-state index contributed by atoms with van der Waals surface area (Å²) in [6, 6.07) is 10.9. The van der Waals surface area contributed by atoms with E-state index in [0.29, 0.717) is 5.92 Å². The predicted octanol–water partition coefficient (Wildman–Crippen LogP) is 5.16. The lowest BCUT2D eigenvalue weighted by molar-refractivity contribution is 0.343. The molecule has 0 bridgehead atoms. The zero-order chi connectivity index (χ0) is 23.6. The van der Waals surface area contributed by atoms with E-state index in [1.807, 2.05) is 6.07 Å². The maximum Gasteiger partial charge on any atom is 0.164 e. The predicted molar refractivity (Wildman–Crippen MR) is 136 cm³/mol. The molecule has 2 aromatic rings. The second-order valence-electron chi connectivity index (χ2n) is 9.18. The van der Waals surface area contributed by atoms with E-state index in [4.69, 9.17) is 19.9 Å². The molecule has 3 N–H and O–H groups in total. The van der Waals surface area contributed by atoms with E-state index in [-0.39, 0.29) is 6.04 Å². The van der Waals surface area contributed by atoms with Crippen LogP contribution in [0.15, 0.2) is 30.3 Å². The third-order valence-corrected chi connectivity index (χ3v) is 7.00. The van der Waals surface area contributed by atoms with Crippen LogP contribution in [-0.4, -0.2) is 40.5 Å². The molecule has 2 unspecified atom stereocenters. The van der Waals surface area contributed by atoms with E-state index in [1.54, 1.807) is 21.3 Å². The highest BCUT2D eigenvalue weighted by Gasteiger charge is 2.29. The molecular weight excluding hydrogens is 412 g/mol. The summed E-state index contributed by atoms with van der Waals surface area (Å²) in [7, 11) is 5.15. The average molecular weight is 455 g/mol. The van der Waals surface area contributed by atoms with Crippen LogP contribution in [0, 0.1) is 6.92 Å². The standard InChI is InChI=1S/C28H42N2O3/c1-20-19-21(10-14-26(20)31-2)16-18-30-17-8-6-5-7-9-23-22-12-15-27(32-3)28(33-4)24(22)11-13-25(23)29/h10,12,14-15,19,23,25,30H,5-9,11,13,16-18,29H2,1-4H3. The Bertz CT molecular complexity index is 884. The van der Waals surface area contributed by atoms with Crippen LogP contribution in [0.25, 0.3) is 0 Å². The lowest BCUT2D eigenvalue weighted by atomic mass is 9.76. The van der Waals surface area contributed by atoms with Gasteiger partial charge in [0.2, 0.25) is 0 Å². The van der Waals surface area contributed by atoms with E-state index >= 15 is 0 Å². The molecule has 0 spiro atoms. The second-order valence-corrected chi connectivity index (χ2v) is 9.18. The minimum atomic E-state index is 0.235. The topological polar surface area (TPSA) is 65.7 Å². The number of aryl methyl sites for hydroxylation is 1. The number of rotatable bonds is 13. The number of benzene rings is 2. The highest BCUT2D eigenvalue weighted by Crippen LogP contribution is 2.43. The van der Waals surface area contributed by atoms with Gasteiger partial charge >= 0.3 is 0 Å². The molecule has 0 saturated heterocycles. The minimum Gasteiger partial charge on any atom is -0.496 e. The largest absolute Gasteiger partial charge is 0.496 e. The van der Waals surface area contributed by atoms with Gasteiger partial charge in [0.25, 0.3) is 0 Å². The maximum absolute atomic E-state index is 6.54. The van der Waals surface area contributed by atoms with Crippen LogP contribution >= 0.6 is 0 Å². The van der Waals surface area contributed by atoms with Crippen LogP contribution in [0.1, 0.15) is 66.7 Å². The summed E-state index contributed by atoms with van der Waals surface area (Å²) in [5.41, 5.74) is 11.8. The van der Waals surface area contributed by atoms with E-state index < -0.39 is 0 Å². The molecule has 0 amide bonds. The smallest absolute Gasteiger partial charge is 0.164 e. The van der Waals surface area contributed by atoms with Gasteiger partial charge in [-0.15, -0.1) is 0 Å². The van der Waals surface area contributed by atoms with Crippen molar-refractivity contribution in [1.82, 2.24) is 5.32 Å². The number of nitrogens with two attached hydrogens (primary N) is 1. The number of hydrogen-bond donors (Lipinski definition) is 2. The van der Waals surface area contributed by atoms with Crippen molar-refractivity contribution in [2.24, 2.45) is 5.73 Å². The van der Waals surface area contributed by atoms with Crippen molar-refractivity contribution >= 4 is 0 Å². The Hall–Kier alpha value is -2.24. The van der Waals surface area contributed by atoms with Crippen LogP contribution in [0.2, 0.25) is 0 Å². The molecule has 0 aromatic heterocycles. The Labute approximate surface area is 200 Å². The van der Waals surface area contributed by atoms with Gasteiger partial charge in [-0.05, 0) is 86.9 Å². The molecule has 0 heterocycles. The molecule has 0 radical (unpaired) electrons. The number of hydrogen-bond acceptors (Lipinski definition) is 5. The number of ether oxygens (including phenoxy) is 3. The first-order chi connectivity index (χ1) is 16.1. The summed E-state index contributed by atoms with van der Waals surface area (Å²) in [4.78, 5) is 0. The van der Waals surface area contributed by atoms with Crippen LogP contribution in [0.3, 0.4) is 0 Å². The van der Waals surface area contributed by atoms with Crippen LogP contribution in [0.4, 0.5) is 0 Å². The molecule has 5 heteroatoms. The molecule has 1 aliphatic rings. The lowest BCUT2D eigenvalue weighted by Crippen LogP contribution is -2.33. The minimum absolute atomic E-state index is 0.235. The van der Waals surface area contributed by atoms with Crippen molar-refractivity contribution in [1.29, 1.82) is 0 Å². The lowest BCUT2D eigenvalue weighted by Gasteiger charge is -2.32. The highest BCUT2D eigenvalue weighted by atomic mass is 16.5. The zero-order valence-corrected chi connectivity index (χ0v) is 20.9. The van der Waals surface area contributed by atoms with Crippen molar-refractivity contribution in [3.8, 4) is 17.2 Å². The Kier molecular flexibility index (Phi) is 9.89. The summed E-state index contributed by atoms with van der Waals surface area (Å²) >= 11 is 0. The van der Waals surface area contributed by atoms with Crippen LogP contribution in [0.5, 0.6) is 17.2 Å². The van der Waals surface area contributed by atoms with Gasteiger partial charge in [-0.1, -0.05) is 37.5 Å². The highest BCUT2D eigenvalue weighted by molar-refractivity contribution is 5.53. The second kappa shape index (κ2) is 12.9. The number of unbranched alkanes of at least 4 members (excludes halogenated alkanes) is 3. The Morgan fingerprint density at radius 1 is 0.909 bits per heavy atom. The number of methoxy groups -OCH3 is 3. The fraction of sp³-hybridized carbons (Fsp3) is 0.571. The fourth-order valence-electron chi connectivity index (χ4n) is 5.15. The molecule has 1 aliphatic carbocycles. The molecule has 2 atom stereocenters. The van der Waals surface area contributed by atoms with Crippen LogP contribution < -0.4 is 25.3 Å². The number of fused-ring (bicyclic) bond motifs is 1. The molecule has 182 valence electrons. The van der Waals surface area contributed by atoms with Crippen LogP contribution in [-0.2, 0) is 12.8 Å². The zero-order valence-electron chi connectivity index (χ0n) is 20.9. The third-order valence-electron chi connectivity index (χ3n) is 7.00. The van der Waals surface area contributed by atoms with E-state index in [1.165, 1.54) is 47.9 Å². The molecule has 3 rings (SSSR count). The van der Waals surface area contributed by atoms with Crippen molar-refractivity contribution in [3.63, 3.8) is 0 Å². The summed E-state index contributed by atoms with van der Waals surface area (Å²) in [5, 5.41) is 3.59. The van der Waals surface area contributed by atoms with E-state index in [0.717, 1.165) is 56.0 Å². The van der Waals surface area contributed by atoms with Gasteiger partial charge < -0.3 is 25.3 Å². The normalized spacial score (nSPS) is 17.5. The monoisotopic (exact) mass is 454 g/mol. The number of nitrogens with one attached hydrogen (secondary N) is 1. The van der Waals surface area contributed by atoms with Crippen molar-refractivity contribution in [3.05, 3.63) is 52.6 Å². The molecule has 0 fully saturated rings. The summed E-state index contributed by atoms with van der Waals surface area (Å²) in [6.07, 6.45) is 9.14. The van der Waals surface area contributed by atoms with Gasteiger partial charge in [0, 0.05) is 11.6 Å². The average Bonchev–Trinajstić information content (AvgIpc) is 2.83. The van der Waals surface area contributed by atoms with Gasteiger partial charge in [-0.25, -0.2) is 0 Å². The summed E-state index contributed by atoms with van der Waals surface area (Å²) in [6.45, 7) is 4.20. The Balaban J connectivity index is 1.35. The summed E-state index contributed by atoms with van der Waals surface area (Å²) in [5.74, 6) is 3.09. The van der Waals surface area contributed by atoms with Gasteiger partial charge in [0.1, 0.15) is 5.75 Å². The molecule has 5 nitrogen and oxygen atoms in total.